The molecule has 0 saturated heterocycles. The smallest absolute Gasteiger partial charge is 0.363 e. The number of hydrogen-bond donors (Lipinski definition) is 0. The molecule has 0 saturated carbocycles. The van der Waals surface area contributed by atoms with E-state index in [1.54, 1.807) is 30.3 Å². The molecule has 0 atom stereocenters. The summed E-state index contributed by atoms with van der Waals surface area (Å²) in [7, 11) is 1.54. The summed E-state index contributed by atoms with van der Waals surface area (Å²) >= 11 is 14.4. The first-order chi connectivity index (χ1) is 11.5. The maximum atomic E-state index is 12.1. The van der Waals surface area contributed by atoms with Gasteiger partial charge < -0.3 is 9.47 Å². The predicted octanol–water partition coefficient (Wildman–Crippen LogP) is 4.95. The first-order valence-corrected chi connectivity index (χ1v) is 8.63. The van der Waals surface area contributed by atoms with Crippen LogP contribution in [0.15, 0.2) is 47.1 Å². The Morgan fingerprint density at radius 2 is 1.96 bits per heavy atom. The summed E-state index contributed by atoms with van der Waals surface area (Å²) in [5, 5.41) is 0.916. The quantitative estimate of drug-likeness (QED) is 0.360. The standard InChI is InChI=1S/C17H10Cl2INO3/c1-23-15-5-2-9(6-13(15)19)7-14-17(22)24-16(21-14)11-8-10(20)3-4-12(11)18/h2-8H,1H3/b14-7-. The van der Waals surface area contributed by atoms with Crippen LogP contribution in [-0.4, -0.2) is 19.0 Å². The molecule has 0 aliphatic carbocycles. The Bertz CT molecular complexity index is 893. The number of halogens is 3. The molecular weight excluding hydrogens is 464 g/mol. The van der Waals surface area contributed by atoms with E-state index in [0.717, 1.165) is 3.57 Å². The molecule has 2 aromatic carbocycles. The van der Waals surface area contributed by atoms with Crippen molar-refractivity contribution in [2.45, 2.75) is 0 Å². The Kier molecular flexibility index (Phi) is 5.12. The van der Waals surface area contributed by atoms with Crippen molar-refractivity contribution in [3.8, 4) is 5.75 Å². The van der Waals surface area contributed by atoms with Gasteiger partial charge >= 0.3 is 5.97 Å². The van der Waals surface area contributed by atoms with Crippen molar-refractivity contribution >= 4 is 63.7 Å². The van der Waals surface area contributed by atoms with E-state index in [9.17, 15) is 4.79 Å². The highest BCUT2D eigenvalue weighted by Gasteiger charge is 2.25. The van der Waals surface area contributed by atoms with Gasteiger partial charge in [0.15, 0.2) is 5.70 Å². The van der Waals surface area contributed by atoms with E-state index in [2.05, 4.69) is 27.6 Å². The number of carbonyl (C=O) groups excluding carboxylic acids is 1. The second kappa shape index (κ2) is 7.13. The SMILES string of the molecule is COc1ccc(/C=C2\N=C(c3cc(I)ccc3Cl)OC2=O)cc1Cl. The summed E-state index contributed by atoms with van der Waals surface area (Å²) in [4.78, 5) is 16.3. The fourth-order valence-corrected chi connectivity index (χ4v) is 3.07. The minimum absolute atomic E-state index is 0.182. The zero-order valence-corrected chi connectivity index (χ0v) is 16.0. The lowest BCUT2D eigenvalue weighted by atomic mass is 10.2. The van der Waals surface area contributed by atoms with Crippen LogP contribution in [-0.2, 0) is 9.53 Å². The number of ether oxygens (including phenoxy) is 2. The zero-order chi connectivity index (χ0) is 17.3. The molecule has 0 aromatic heterocycles. The van der Waals surface area contributed by atoms with Crippen LogP contribution >= 0.6 is 45.8 Å². The van der Waals surface area contributed by atoms with E-state index in [1.165, 1.54) is 7.11 Å². The highest BCUT2D eigenvalue weighted by Crippen LogP contribution is 2.28. The highest BCUT2D eigenvalue weighted by molar-refractivity contribution is 14.1. The van der Waals surface area contributed by atoms with Gasteiger partial charge in [-0.1, -0.05) is 29.3 Å². The van der Waals surface area contributed by atoms with E-state index in [0.29, 0.717) is 26.9 Å². The predicted molar refractivity (Wildman–Crippen MR) is 103 cm³/mol. The molecule has 0 radical (unpaired) electrons. The van der Waals surface area contributed by atoms with Gasteiger partial charge in [-0.15, -0.1) is 0 Å². The van der Waals surface area contributed by atoms with E-state index >= 15 is 0 Å². The minimum atomic E-state index is -0.535. The van der Waals surface area contributed by atoms with Crippen molar-refractivity contribution in [2.24, 2.45) is 4.99 Å². The number of esters is 1. The minimum Gasteiger partial charge on any atom is -0.495 e. The van der Waals surface area contributed by atoms with Gasteiger partial charge in [-0.25, -0.2) is 9.79 Å². The van der Waals surface area contributed by atoms with Crippen LogP contribution < -0.4 is 4.74 Å². The fraction of sp³-hybridized carbons (Fsp3) is 0.0588. The molecule has 0 spiro atoms. The molecule has 122 valence electrons. The second-order valence-electron chi connectivity index (χ2n) is 4.85. The van der Waals surface area contributed by atoms with E-state index < -0.39 is 5.97 Å². The molecule has 24 heavy (non-hydrogen) atoms. The zero-order valence-electron chi connectivity index (χ0n) is 12.3. The van der Waals surface area contributed by atoms with Crippen LogP contribution in [0.25, 0.3) is 6.08 Å². The van der Waals surface area contributed by atoms with Crippen molar-refractivity contribution in [2.75, 3.05) is 7.11 Å². The van der Waals surface area contributed by atoms with Gasteiger partial charge in [-0.05, 0) is 64.6 Å². The van der Waals surface area contributed by atoms with Crippen LogP contribution in [0.5, 0.6) is 5.75 Å². The Morgan fingerprint density at radius 3 is 2.67 bits per heavy atom. The Labute approximate surface area is 162 Å². The molecule has 7 heteroatoms. The number of carbonyl (C=O) groups is 1. The molecule has 3 rings (SSSR count). The van der Waals surface area contributed by atoms with Crippen molar-refractivity contribution in [3.63, 3.8) is 0 Å². The van der Waals surface area contributed by atoms with Gasteiger partial charge in [0.25, 0.3) is 0 Å². The van der Waals surface area contributed by atoms with E-state index in [4.69, 9.17) is 32.7 Å². The first kappa shape index (κ1) is 17.3. The van der Waals surface area contributed by atoms with Gasteiger partial charge in [0.05, 0.1) is 22.7 Å². The molecule has 0 fully saturated rings. The van der Waals surface area contributed by atoms with Gasteiger partial charge in [-0.3, -0.25) is 0 Å². The summed E-state index contributed by atoms with van der Waals surface area (Å²) in [5.41, 5.74) is 1.47. The van der Waals surface area contributed by atoms with Crippen LogP contribution in [0.1, 0.15) is 11.1 Å². The lowest BCUT2D eigenvalue weighted by Crippen LogP contribution is -2.06. The number of hydrogen-bond acceptors (Lipinski definition) is 4. The number of cyclic esters (lactones) is 1. The summed E-state index contributed by atoms with van der Waals surface area (Å²) in [6.07, 6.45) is 1.60. The molecule has 4 nitrogen and oxygen atoms in total. The maximum Gasteiger partial charge on any atom is 0.363 e. The first-order valence-electron chi connectivity index (χ1n) is 6.79. The molecule has 0 N–H and O–H groups in total. The molecule has 0 amide bonds. The molecular formula is C17H10Cl2INO3. The van der Waals surface area contributed by atoms with Crippen molar-refractivity contribution in [1.82, 2.24) is 0 Å². The Balaban J connectivity index is 1.97. The summed E-state index contributed by atoms with van der Waals surface area (Å²) in [5.74, 6) is 0.212. The van der Waals surface area contributed by atoms with Crippen LogP contribution in [0.3, 0.4) is 0 Å². The topological polar surface area (TPSA) is 47.9 Å². The second-order valence-corrected chi connectivity index (χ2v) is 6.91. The van der Waals surface area contributed by atoms with E-state index in [-0.39, 0.29) is 11.6 Å². The van der Waals surface area contributed by atoms with E-state index in [1.807, 2.05) is 12.1 Å². The normalized spacial score (nSPS) is 15.4. The number of rotatable bonds is 3. The van der Waals surface area contributed by atoms with Gasteiger partial charge in [0, 0.05) is 3.57 Å². The summed E-state index contributed by atoms with van der Waals surface area (Å²) < 4.78 is 11.3. The Hall–Kier alpha value is -1.57. The number of benzene rings is 2. The molecule has 1 aliphatic heterocycles. The van der Waals surface area contributed by atoms with Crippen LogP contribution in [0.4, 0.5) is 0 Å². The third-order valence-electron chi connectivity index (χ3n) is 3.26. The molecule has 1 heterocycles. The highest BCUT2D eigenvalue weighted by atomic mass is 127. The average molecular weight is 474 g/mol. The van der Waals surface area contributed by atoms with Crippen molar-refractivity contribution < 1.29 is 14.3 Å². The van der Waals surface area contributed by atoms with Crippen molar-refractivity contribution in [3.05, 3.63) is 66.8 Å². The lowest BCUT2D eigenvalue weighted by Gasteiger charge is -2.03. The fourth-order valence-electron chi connectivity index (χ4n) is 2.12. The Morgan fingerprint density at radius 1 is 1.17 bits per heavy atom. The lowest BCUT2D eigenvalue weighted by molar-refractivity contribution is -0.129. The molecule has 2 aromatic rings. The molecule has 1 aliphatic rings. The monoisotopic (exact) mass is 473 g/mol. The van der Waals surface area contributed by atoms with Crippen molar-refractivity contribution in [1.29, 1.82) is 0 Å². The maximum absolute atomic E-state index is 12.1. The third kappa shape index (κ3) is 3.58. The number of methoxy groups -OCH3 is 1. The largest absolute Gasteiger partial charge is 0.495 e. The van der Waals surface area contributed by atoms with Gasteiger partial charge in [0.1, 0.15) is 5.75 Å². The number of aliphatic imine (C=N–C) groups is 1. The van der Waals surface area contributed by atoms with Gasteiger partial charge in [0.2, 0.25) is 5.90 Å². The average Bonchev–Trinajstić information content (AvgIpc) is 2.90. The van der Waals surface area contributed by atoms with Gasteiger partial charge in [-0.2, -0.15) is 0 Å². The summed E-state index contributed by atoms with van der Waals surface area (Å²) in [6, 6.07) is 10.6. The van der Waals surface area contributed by atoms with Crippen LogP contribution in [0.2, 0.25) is 10.0 Å². The number of nitrogens with zero attached hydrogens (tertiary/aromatic N) is 1. The van der Waals surface area contributed by atoms with Crippen LogP contribution in [0, 0.1) is 3.57 Å². The molecule has 0 bridgehead atoms. The molecule has 0 unspecified atom stereocenters. The summed E-state index contributed by atoms with van der Waals surface area (Å²) in [6.45, 7) is 0. The third-order valence-corrected chi connectivity index (χ3v) is 4.55.